The van der Waals surface area contributed by atoms with Gasteiger partial charge in [0.1, 0.15) is 5.75 Å². The van der Waals surface area contributed by atoms with Crippen LogP contribution in [0.4, 0.5) is 16.5 Å². The van der Waals surface area contributed by atoms with Crippen LogP contribution in [0.2, 0.25) is 0 Å². The summed E-state index contributed by atoms with van der Waals surface area (Å²) in [6.07, 6.45) is 0. The third kappa shape index (κ3) is 4.23. The molecule has 2 heterocycles. The lowest BCUT2D eigenvalue weighted by Crippen LogP contribution is -2.44. The Labute approximate surface area is 164 Å². The molecule has 5 nitrogen and oxygen atoms in total. The molecule has 140 valence electrons. The first-order chi connectivity index (χ1) is 13.2. The van der Waals surface area contributed by atoms with Crippen molar-refractivity contribution in [1.29, 1.82) is 0 Å². The SMILES string of the molecule is COc1ccc(Nc2nc(-c3ccc(N4CCN(C)CC4)cc3)cs2)cc1. The minimum Gasteiger partial charge on any atom is -0.497 e. The topological polar surface area (TPSA) is 40.6 Å². The summed E-state index contributed by atoms with van der Waals surface area (Å²) in [5.41, 5.74) is 4.44. The van der Waals surface area contributed by atoms with E-state index in [2.05, 4.69) is 51.8 Å². The molecule has 0 amide bonds. The second kappa shape index (κ2) is 7.98. The summed E-state index contributed by atoms with van der Waals surface area (Å²) >= 11 is 1.61. The van der Waals surface area contributed by atoms with E-state index < -0.39 is 0 Å². The minimum atomic E-state index is 0.848. The quantitative estimate of drug-likeness (QED) is 0.714. The third-order valence-corrected chi connectivity index (χ3v) is 5.63. The van der Waals surface area contributed by atoms with Gasteiger partial charge in [-0.25, -0.2) is 4.98 Å². The number of nitrogens with one attached hydrogen (secondary N) is 1. The van der Waals surface area contributed by atoms with Crippen molar-refractivity contribution < 1.29 is 4.74 Å². The van der Waals surface area contributed by atoms with Gasteiger partial charge in [0.2, 0.25) is 0 Å². The number of benzene rings is 2. The summed E-state index contributed by atoms with van der Waals surface area (Å²) in [5, 5.41) is 6.33. The van der Waals surface area contributed by atoms with Crippen LogP contribution in [0.5, 0.6) is 5.75 Å². The van der Waals surface area contributed by atoms with E-state index >= 15 is 0 Å². The Morgan fingerprint density at radius 3 is 2.33 bits per heavy atom. The van der Waals surface area contributed by atoms with Crippen LogP contribution < -0.4 is 15.0 Å². The second-order valence-electron chi connectivity index (χ2n) is 6.73. The molecule has 0 saturated carbocycles. The van der Waals surface area contributed by atoms with Crippen LogP contribution in [0.15, 0.2) is 53.9 Å². The highest BCUT2D eigenvalue weighted by atomic mass is 32.1. The van der Waals surface area contributed by atoms with Gasteiger partial charge in [-0.3, -0.25) is 0 Å². The molecule has 4 rings (SSSR count). The molecule has 0 aliphatic carbocycles. The molecule has 6 heteroatoms. The average molecular weight is 381 g/mol. The summed E-state index contributed by atoms with van der Waals surface area (Å²) in [5.74, 6) is 0.848. The van der Waals surface area contributed by atoms with E-state index in [1.165, 1.54) is 5.69 Å². The number of hydrogen-bond donors (Lipinski definition) is 1. The molecule has 1 aromatic heterocycles. The average Bonchev–Trinajstić information content (AvgIpc) is 3.18. The highest BCUT2D eigenvalue weighted by molar-refractivity contribution is 7.14. The van der Waals surface area contributed by atoms with Gasteiger partial charge in [-0.1, -0.05) is 12.1 Å². The molecule has 0 radical (unpaired) electrons. The molecular formula is C21H24N4OS. The molecule has 1 fully saturated rings. The highest BCUT2D eigenvalue weighted by Gasteiger charge is 2.14. The highest BCUT2D eigenvalue weighted by Crippen LogP contribution is 2.29. The zero-order valence-corrected chi connectivity index (χ0v) is 16.5. The molecule has 1 aliphatic rings. The molecule has 2 aromatic carbocycles. The van der Waals surface area contributed by atoms with E-state index in [1.807, 2.05) is 24.3 Å². The van der Waals surface area contributed by atoms with Gasteiger partial charge in [-0.15, -0.1) is 11.3 Å². The van der Waals surface area contributed by atoms with Crippen LogP contribution in [0.25, 0.3) is 11.3 Å². The number of ether oxygens (including phenoxy) is 1. The lowest BCUT2D eigenvalue weighted by Gasteiger charge is -2.34. The van der Waals surface area contributed by atoms with Crippen molar-refractivity contribution in [2.75, 3.05) is 50.6 Å². The predicted molar refractivity (Wildman–Crippen MR) is 114 cm³/mol. The second-order valence-corrected chi connectivity index (χ2v) is 7.59. The van der Waals surface area contributed by atoms with Crippen LogP contribution >= 0.6 is 11.3 Å². The van der Waals surface area contributed by atoms with Gasteiger partial charge in [-0.05, 0) is 43.4 Å². The van der Waals surface area contributed by atoms with Crippen LogP contribution in [-0.2, 0) is 0 Å². The van der Waals surface area contributed by atoms with E-state index in [4.69, 9.17) is 9.72 Å². The smallest absolute Gasteiger partial charge is 0.187 e. The van der Waals surface area contributed by atoms with Crippen LogP contribution in [0.3, 0.4) is 0 Å². The van der Waals surface area contributed by atoms with Crippen LogP contribution in [0, 0.1) is 0 Å². The number of hydrogen-bond acceptors (Lipinski definition) is 6. The molecule has 0 bridgehead atoms. The van der Waals surface area contributed by atoms with Crippen molar-refractivity contribution in [3.63, 3.8) is 0 Å². The van der Waals surface area contributed by atoms with E-state index in [9.17, 15) is 0 Å². The maximum absolute atomic E-state index is 5.19. The van der Waals surface area contributed by atoms with Gasteiger partial charge in [0.25, 0.3) is 0 Å². The molecule has 1 saturated heterocycles. The number of thiazole rings is 1. The zero-order chi connectivity index (χ0) is 18.6. The van der Waals surface area contributed by atoms with Crippen LogP contribution in [0.1, 0.15) is 0 Å². The maximum Gasteiger partial charge on any atom is 0.187 e. The van der Waals surface area contributed by atoms with Gasteiger partial charge < -0.3 is 19.9 Å². The maximum atomic E-state index is 5.19. The Morgan fingerprint density at radius 2 is 1.67 bits per heavy atom. The Balaban J connectivity index is 1.43. The number of aromatic nitrogens is 1. The lowest BCUT2D eigenvalue weighted by molar-refractivity contribution is 0.313. The summed E-state index contributed by atoms with van der Waals surface area (Å²) in [7, 11) is 3.85. The fraction of sp³-hybridized carbons (Fsp3) is 0.286. The molecule has 1 N–H and O–H groups in total. The standard InChI is InChI=1S/C21H24N4OS/c1-24-11-13-25(14-12-24)18-7-3-16(4-8-18)20-15-27-21(23-20)22-17-5-9-19(26-2)10-6-17/h3-10,15H,11-14H2,1-2H3,(H,22,23). The first-order valence-electron chi connectivity index (χ1n) is 9.12. The Morgan fingerprint density at radius 1 is 0.963 bits per heavy atom. The molecule has 3 aromatic rings. The van der Waals surface area contributed by atoms with E-state index in [0.717, 1.165) is 54.0 Å². The summed E-state index contributed by atoms with van der Waals surface area (Å²) in [4.78, 5) is 9.54. The van der Waals surface area contributed by atoms with Crippen molar-refractivity contribution in [3.8, 4) is 17.0 Å². The predicted octanol–water partition coefficient (Wildman–Crippen LogP) is 4.31. The van der Waals surface area contributed by atoms with Gasteiger partial charge in [-0.2, -0.15) is 0 Å². The normalized spacial score (nSPS) is 15.0. The van der Waals surface area contributed by atoms with Crippen molar-refractivity contribution in [2.24, 2.45) is 0 Å². The molecule has 1 aliphatic heterocycles. The summed E-state index contributed by atoms with van der Waals surface area (Å²) in [6.45, 7) is 4.41. The summed E-state index contributed by atoms with van der Waals surface area (Å²) in [6, 6.07) is 16.6. The molecule has 0 atom stereocenters. The van der Waals surface area contributed by atoms with Crippen molar-refractivity contribution in [2.45, 2.75) is 0 Å². The Bertz CT molecular complexity index is 868. The van der Waals surface area contributed by atoms with Crippen molar-refractivity contribution >= 4 is 27.8 Å². The number of piperazine rings is 1. The molecule has 27 heavy (non-hydrogen) atoms. The lowest BCUT2D eigenvalue weighted by atomic mass is 10.1. The van der Waals surface area contributed by atoms with E-state index in [-0.39, 0.29) is 0 Å². The number of likely N-dealkylation sites (N-methyl/N-ethyl adjacent to an activating group) is 1. The van der Waals surface area contributed by atoms with Gasteiger partial charge in [0.05, 0.1) is 12.8 Å². The van der Waals surface area contributed by atoms with Crippen LogP contribution in [-0.4, -0.2) is 50.2 Å². The fourth-order valence-corrected chi connectivity index (χ4v) is 3.91. The summed E-state index contributed by atoms with van der Waals surface area (Å²) < 4.78 is 5.19. The van der Waals surface area contributed by atoms with Gasteiger partial charge >= 0.3 is 0 Å². The van der Waals surface area contributed by atoms with E-state index in [1.54, 1.807) is 18.4 Å². The van der Waals surface area contributed by atoms with Gasteiger partial charge in [0, 0.05) is 48.5 Å². The first kappa shape index (κ1) is 17.8. The first-order valence-corrected chi connectivity index (χ1v) is 10.00. The van der Waals surface area contributed by atoms with Gasteiger partial charge in [0.15, 0.2) is 5.13 Å². The van der Waals surface area contributed by atoms with E-state index in [0.29, 0.717) is 0 Å². The molecule has 0 spiro atoms. The fourth-order valence-electron chi connectivity index (χ4n) is 3.17. The number of rotatable bonds is 5. The monoisotopic (exact) mass is 380 g/mol. The Hall–Kier alpha value is -2.57. The Kier molecular flexibility index (Phi) is 5.27. The van der Waals surface area contributed by atoms with Crippen molar-refractivity contribution in [1.82, 2.24) is 9.88 Å². The largest absolute Gasteiger partial charge is 0.497 e. The zero-order valence-electron chi connectivity index (χ0n) is 15.7. The number of anilines is 3. The third-order valence-electron chi connectivity index (χ3n) is 4.88. The number of methoxy groups -OCH3 is 1. The van der Waals surface area contributed by atoms with Crippen molar-refractivity contribution in [3.05, 3.63) is 53.9 Å². The number of nitrogens with zero attached hydrogens (tertiary/aromatic N) is 3. The minimum absolute atomic E-state index is 0.848. The molecular weight excluding hydrogens is 356 g/mol. The molecule has 0 unspecified atom stereocenters.